The normalized spacial score (nSPS) is 10.8. The molecule has 2 aromatic heterocycles. The molecule has 0 aliphatic rings. The van der Waals surface area contributed by atoms with E-state index < -0.39 is 0 Å². The monoisotopic (exact) mass is 406 g/mol. The number of para-hydroxylation sites is 2. The summed E-state index contributed by atoms with van der Waals surface area (Å²) in [4.78, 5) is 29.3. The lowest BCUT2D eigenvalue weighted by Gasteiger charge is -2.06. The fourth-order valence-electron chi connectivity index (χ4n) is 2.81. The van der Waals surface area contributed by atoms with Crippen molar-refractivity contribution in [1.29, 1.82) is 0 Å². The lowest BCUT2D eigenvalue weighted by Crippen LogP contribution is -2.24. The maximum absolute atomic E-state index is 12.5. The van der Waals surface area contributed by atoms with Crippen LogP contribution in [0.3, 0.4) is 0 Å². The highest BCUT2D eigenvalue weighted by Crippen LogP contribution is 2.15. The number of aryl methyl sites for hydroxylation is 1. The zero-order valence-electron chi connectivity index (χ0n) is 15.6. The van der Waals surface area contributed by atoms with Crippen LogP contribution in [-0.2, 0) is 17.8 Å². The highest BCUT2D eigenvalue weighted by Gasteiger charge is 2.13. The zero-order valence-corrected chi connectivity index (χ0v) is 16.5. The van der Waals surface area contributed by atoms with E-state index in [2.05, 4.69) is 20.7 Å². The standard InChI is InChI=1S/C20H18N6O2S/c1-14-7-5-6-10-17(14)22-18(27)11-19-21-15(13-29-19)12-25-20(28)26(24-23-25)16-8-3-2-4-9-16/h2-10,13H,11-12H2,1H3,(H,22,27). The first-order valence-electron chi connectivity index (χ1n) is 8.97. The number of tetrazole rings is 1. The van der Waals surface area contributed by atoms with Crippen LogP contribution in [0.25, 0.3) is 5.69 Å². The highest BCUT2D eigenvalue weighted by atomic mass is 32.1. The van der Waals surface area contributed by atoms with E-state index in [-0.39, 0.29) is 24.6 Å². The van der Waals surface area contributed by atoms with E-state index in [1.54, 1.807) is 12.1 Å². The molecule has 4 rings (SSSR count). The number of amides is 1. The number of hydrogen-bond acceptors (Lipinski definition) is 6. The SMILES string of the molecule is Cc1ccccc1NC(=O)Cc1nc(Cn2nnn(-c3ccccc3)c2=O)cs1. The fourth-order valence-corrected chi connectivity index (χ4v) is 3.59. The van der Waals surface area contributed by atoms with Crippen LogP contribution in [-0.4, -0.2) is 30.7 Å². The smallest absolute Gasteiger partial charge is 0.325 e. The molecule has 0 saturated carbocycles. The van der Waals surface area contributed by atoms with Crippen molar-refractivity contribution in [2.75, 3.05) is 5.32 Å². The highest BCUT2D eigenvalue weighted by molar-refractivity contribution is 7.09. The Kier molecular flexibility index (Phi) is 5.30. The van der Waals surface area contributed by atoms with Crippen molar-refractivity contribution < 1.29 is 4.79 Å². The van der Waals surface area contributed by atoms with Gasteiger partial charge < -0.3 is 5.32 Å². The van der Waals surface area contributed by atoms with Crippen LogP contribution in [0.15, 0.2) is 64.8 Å². The first-order valence-corrected chi connectivity index (χ1v) is 9.85. The molecule has 0 saturated heterocycles. The predicted molar refractivity (Wildman–Crippen MR) is 110 cm³/mol. The second-order valence-corrected chi connectivity index (χ2v) is 7.38. The lowest BCUT2D eigenvalue weighted by molar-refractivity contribution is -0.115. The van der Waals surface area contributed by atoms with Crippen molar-refractivity contribution in [3.05, 3.63) is 86.7 Å². The summed E-state index contributed by atoms with van der Waals surface area (Å²) in [6, 6.07) is 16.7. The van der Waals surface area contributed by atoms with E-state index in [0.29, 0.717) is 16.4 Å². The number of rotatable bonds is 6. The molecule has 2 aromatic carbocycles. The molecule has 9 heteroatoms. The Balaban J connectivity index is 1.42. The molecule has 0 bridgehead atoms. The van der Waals surface area contributed by atoms with Crippen LogP contribution in [0.1, 0.15) is 16.3 Å². The van der Waals surface area contributed by atoms with Gasteiger partial charge in [-0.15, -0.1) is 11.3 Å². The van der Waals surface area contributed by atoms with Crippen molar-refractivity contribution in [3.8, 4) is 5.69 Å². The van der Waals surface area contributed by atoms with Crippen molar-refractivity contribution in [2.24, 2.45) is 0 Å². The molecule has 2 heterocycles. The molecule has 146 valence electrons. The van der Waals surface area contributed by atoms with E-state index in [0.717, 1.165) is 11.3 Å². The Hall–Kier alpha value is -3.59. The molecular weight excluding hydrogens is 388 g/mol. The second-order valence-electron chi connectivity index (χ2n) is 6.44. The van der Waals surface area contributed by atoms with Crippen molar-refractivity contribution in [3.63, 3.8) is 0 Å². The molecule has 0 unspecified atom stereocenters. The van der Waals surface area contributed by atoms with E-state index in [4.69, 9.17) is 0 Å². The maximum atomic E-state index is 12.5. The number of benzene rings is 2. The average Bonchev–Trinajstić information content (AvgIpc) is 3.31. The number of nitrogens with one attached hydrogen (secondary N) is 1. The third kappa shape index (κ3) is 4.30. The summed E-state index contributed by atoms with van der Waals surface area (Å²) in [6.45, 7) is 2.14. The van der Waals surface area contributed by atoms with Crippen LogP contribution in [0.4, 0.5) is 5.69 Å². The van der Waals surface area contributed by atoms with E-state index in [9.17, 15) is 9.59 Å². The summed E-state index contributed by atoms with van der Waals surface area (Å²) in [5.41, 5.74) is 2.76. The van der Waals surface area contributed by atoms with Crippen molar-refractivity contribution in [2.45, 2.75) is 19.9 Å². The number of carbonyl (C=O) groups is 1. The van der Waals surface area contributed by atoms with Crippen LogP contribution < -0.4 is 11.0 Å². The molecular formula is C20H18N6O2S. The molecule has 0 aliphatic carbocycles. The first kappa shape index (κ1) is 18.8. The minimum Gasteiger partial charge on any atom is -0.325 e. The number of hydrogen-bond donors (Lipinski definition) is 1. The van der Waals surface area contributed by atoms with Gasteiger partial charge >= 0.3 is 5.69 Å². The van der Waals surface area contributed by atoms with E-state index in [1.165, 1.54) is 20.7 Å². The Morgan fingerprint density at radius 3 is 2.62 bits per heavy atom. The average molecular weight is 406 g/mol. The number of carbonyl (C=O) groups excluding carboxylic acids is 1. The quantitative estimate of drug-likeness (QED) is 0.531. The molecule has 0 radical (unpaired) electrons. The van der Waals surface area contributed by atoms with Crippen molar-refractivity contribution in [1.82, 2.24) is 24.8 Å². The second kappa shape index (κ2) is 8.19. The minimum atomic E-state index is -0.344. The van der Waals surface area contributed by atoms with Gasteiger partial charge in [0.15, 0.2) is 0 Å². The molecule has 1 N–H and O–H groups in total. The van der Waals surface area contributed by atoms with Crippen LogP contribution in [0.2, 0.25) is 0 Å². The summed E-state index contributed by atoms with van der Waals surface area (Å²) in [7, 11) is 0. The number of nitrogens with zero attached hydrogens (tertiary/aromatic N) is 5. The molecule has 29 heavy (non-hydrogen) atoms. The van der Waals surface area contributed by atoms with Gasteiger partial charge in [-0.3, -0.25) is 4.79 Å². The molecule has 0 atom stereocenters. The Morgan fingerprint density at radius 2 is 1.83 bits per heavy atom. The molecule has 1 amide bonds. The van der Waals surface area contributed by atoms with E-state index >= 15 is 0 Å². The molecule has 0 aliphatic heterocycles. The number of aromatic nitrogens is 5. The first-order chi connectivity index (χ1) is 14.1. The maximum Gasteiger partial charge on any atom is 0.368 e. The third-order valence-electron chi connectivity index (χ3n) is 4.28. The Bertz CT molecular complexity index is 1190. The fraction of sp³-hybridized carbons (Fsp3) is 0.150. The van der Waals surface area contributed by atoms with Gasteiger partial charge in [0.2, 0.25) is 5.91 Å². The summed E-state index contributed by atoms with van der Waals surface area (Å²) in [5, 5.41) is 13.2. The van der Waals surface area contributed by atoms with Gasteiger partial charge in [-0.05, 0) is 41.1 Å². The molecule has 8 nitrogen and oxygen atoms in total. The van der Waals surface area contributed by atoms with Crippen molar-refractivity contribution >= 4 is 22.9 Å². The molecule has 0 spiro atoms. The zero-order chi connectivity index (χ0) is 20.2. The predicted octanol–water partition coefficient (Wildman–Crippen LogP) is 2.42. The summed E-state index contributed by atoms with van der Waals surface area (Å²) < 4.78 is 2.49. The Morgan fingerprint density at radius 1 is 1.07 bits per heavy atom. The van der Waals surface area contributed by atoms with Gasteiger partial charge in [-0.25, -0.2) is 9.78 Å². The Labute approximate surface area is 170 Å². The van der Waals surface area contributed by atoms with Gasteiger partial charge in [0.1, 0.15) is 5.01 Å². The largest absolute Gasteiger partial charge is 0.368 e. The van der Waals surface area contributed by atoms with Gasteiger partial charge in [-0.2, -0.15) is 9.36 Å². The molecule has 4 aromatic rings. The van der Waals surface area contributed by atoms with Gasteiger partial charge in [-0.1, -0.05) is 36.4 Å². The van der Waals surface area contributed by atoms with Crippen LogP contribution in [0.5, 0.6) is 0 Å². The van der Waals surface area contributed by atoms with Crippen LogP contribution in [0, 0.1) is 6.92 Å². The summed E-state index contributed by atoms with van der Waals surface area (Å²) in [6.07, 6.45) is 0.171. The van der Waals surface area contributed by atoms with Gasteiger partial charge in [0, 0.05) is 11.1 Å². The van der Waals surface area contributed by atoms with Gasteiger partial charge in [0.05, 0.1) is 24.3 Å². The van der Waals surface area contributed by atoms with Gasteiger partial charge in [0.25, 0.3) is 0 Å². The van der Waals surface area contributed by atoms with E-state index in [1.807, 2.05) is 54.8 Å². The third-order valence-corrected chi connectivity index (χ3v) is 5.18. The minimum absolute atomic E-state index is 0.132. The lowest BCUT2D eigenvalue weighted by atomic mass is 10.2. The molecule has 0 fully saturated rings. The number of anilines is 1. The topological polar surface area (TPSA) is 94.7 Å². The summed E-state index contributed by atoms with van der Waals surface area (Å²) in [5.74, 6) is -0.132. The summed E-state index contributed by atoms with van der Waals surface area (Å²) >= 11 is 1.38. The number of thiazole rings is 1. The van der Waals surface area contributed by atoms with Crippen LogP contribution >= 0.6 is 11.3 Å².